The van der Waals surface area contributed by atoms with Crippen LogP contribution in [0.4, 0.5) is 0 Å². The molecule has 0 unspecified atom stereocenters. The number of rotatable bonds is 4. The first-order valence-corrected chi connectivity index (χ1v) is 9.07. The number of halogens is 1. The van der Waals surface area contributed by atoms with Crippen molar-refractivity contribution in [3.05, 3.63) is 40.9 Å². The molecule has 1 amide bonds. The van der Waals surface area contributed by atoms with Gasteiger partial charge in [0.05, 0.1) is 0 Å². The van der Waals surface area contributed by atoms with Gasteiger partial charge in [-0.05, 0) is 62.5 Å². The normalized spacial score (nSPS) is 22.8. The van der Waals surface area contributed by atoms with Crippen LogP contribution in [0.3, 0.4) is 0 Å². The smallest absolute Gasteiger partial charge is 0.246 e. The Hall–Kier alpha value is -1.32. The first kappa shape index (κ1) is 16.5. The van der Waals surface area contributed by atoms with E-state index in [-0.39, 0.29) is 5.91 Å². The molecular formula is C19H25ClN2O. The Kier molecular flexibility index (Phi) is 5.74. The molecule has 124 valence electrons. The molecule has 2 heterocycles. The average Bonchev–Trinajstić information content (AvgIpc) is 3.03. The average molecular weight is 333 g/mol. The van der Waals surface area contributed by atoms with Crippen molar-refractivity contribution < 1.29 is 4.79 Å². The van der Waals surface area contributed by atoms with Crippen molar-refractivity contribution in [2.75, 3.05) is 26.2 Å². The molecule has 3 nitrogen and oxygen atoms in total. The summed E-state index contributed by atoms with van der Waals surface area (Å²) in [5.74, 6) is 0.138. The Labute approximate surface area is 143 Å². The molecule has 2 fully saturated rings. The van der Waals surface area contributed by atoms with Gasteiger partial charge in [-0.15, -0.1) is 0 Å². The van der Waals surface area contributed by atoms with Crippen molar-refractivity contribution in [3.8, 4) is 0 Å². The van der Waals surface area contributed by atoms with Gasteiger partial charge in [0.2, 0.25) is 5.91 Å². The number of nitrogens with zero attached hydrogens (tertiary/aromatic N) is 2. The van der Waals surface area contributed by atoms with Crippen LogP contribution in [0.15, 0.2) is 30.3 Å². The number of carbonyl (C=O) groups excluding carboxylic acids is 1. The van der Waals surface area contributed by atoms with E-state index in [1.807, 2.05) is 30.3 Å². The van der Waals surface area contributed by atoms with Gasteiger partial charge in [0.1, 0.15) is 0 Å². The standard InChI is InChI=1S/C19H25ClN2O/c20-17-9-6-16(7-10-17)8-11-19(23)22-14-4-5-18(22)15-21-12-2-1-3-13-21/h6-11,18H,1-5,12-15H2/b11-8+/t18-/m0/s1. The van der Waals surface area contributed by atoms with E-state index >= 15 is 0 Å². The van der Waals surface area contributed by atoms with E-state index in [0.29, 0.717) is 6.04 Å². The molecule has 2 aliphatic rings. The minimum atomic E-state index is 0.138. The van der Waals surface area contributed by atoms with E-state index in [2.05, 4.69) is 9.80 Å². The molecule has 0 saturated carbocycles. The molecule has 1 aromatic rings. The second-order valence-electron chi connectivity index (χ2n) is 6.57. The van der Waals surface area contributed by atoms with Crippen molar-refractivity contribution >= 4 is 23.6 Å². The third-order valence-electron chi connectivity index (χ3n) is 4.87. The minimum absolute atomic E-state index is 0.138. The highest BCUT2D eigenvalue weighted by Gasteiger charge is 2.29. The number of carbonyl (C=O) groups is 1. The zero-order valence-electron chi connectivity index (χ0n) is 13.6. The molecule has 3 rings (SSSR count). The van der Waals surface area contributed by atoms with Crippen LogP contribution in [0.25, 0.3) is 6.08 Å². The third-order valence-corrected chi connectivity index (χ3v) is 5.12. The highest BCUT2D eigenvalue weighted by Crippen LogP contribution is 2.21. The second kappa shape index (κ2) is 7.98. The monoisotopic (exact) mass is 332 g/mol. The zero-order chi connectivity index (χ0) is 16.1. The van der Waals surface area contributed by atoms with Gasteiger partial charge in [-0.25, -0.2) is 0 Å². The molecule has 2 aliphatic heterocycles. The van der Waals surface area contributed by atoms with Crippen LogP contribution in [-0.2, 0) is 4.79 Å². The van der Waals surface area contributed by atoms with Crippen LogP contribution in [0.1, 0.15) is 37.7 Å². The minimum Gasteiger partial charge on any atom is -0.335 e. The van der Waals surface area contributed by atoms with Crippen molar-refractivity contribution in [1.82, 2.24) is 9.80 Å². The molecule has 0 aromatic heterocycles. The second-order valence-corrected chi connectivity index (χ2v) is 7.01. The summed E-state index contributed by atoms with van der Waals surface area (Å²) in [5, 5.41) is 0.717. The van der Waals surface area contributed by atoms with Crippen LogP contribution in [0.2, 0.25) is 5.02 Å². The summed E-state index contributed by atoms with van der Waals surface area (Å²) in [4.78, 5) is 17.1. The van der Waals surface area contributed by atoms with E-state index in [0.717, 1.165) is 36.5 Å². The summed E-state index contributed by atoms with van der Waals surface area (Å²) < 4.78 is 0. The first-order valence-electron chi connectivity index (χ1n) is 8.69. The number of likely N-dealkylation sites (tertiary alicyclic amines) is 2. The summed E-state index contributed by atoms with van der Waals surface area (Å²) in [6, 6.07) is 7.94. The number of hydrogen-bond donors (Lipinski definition) is 0. The Morgan fingerprint density at radius 1 is 1.09 bits per heavy atom. The van der Waals surface area contributed by atoms with E-state index in [1.165, 1.54) is 32.4 Å². The van der Waals surface area contributed by atoms with Crippen LogP contribution < -0.4 is 0 Å². The molecule has 1 aromatic carbocycles. The van der Waals surface area contributed by atoms with Crippen molar-refractivity contribution in [3.63, 3.8) is 0 Å². The molecule has 1 atom stereocenters. The predicted octanol–water partition coefficient (Wildman–Crippen LogP) is 3.83. The maximum Gasteiger partial charge on any atom is 0.246 e. The lowest BCUT2D eigenvalue weighted by Gasteiger charge is -2.32. The maximum absolute atomic E-state index is 12.5. The Morgan fingerprint density at radius 2 is 1.83 bits per heavy atom. The van der Waals surface area contributed by atoms with E-state index in [1.54, 1.807) is 6.08 Å². The van der Waals surface area contributed by atoms with Crippen LogP contribution in [-0.4, -0.2) is 47.9 Å². The van der Waals surface area contributed by atoms with E-state index < -0.39 is 0 Å². The number of hydrogen-bond acceptors (Lipinski definition) is 2. The van der Waals surface area contributed by atoms with Gasteiger partial charge in [-0.1, -0.05) is 30.2 Å². The number of amides is 1. The van der Waals surface area contributed by atoms with E-state index in [9.17, 15) is 4.79 Å². The summed E-state index contributed by atoms with van der Waals surface area (Å²) in [6.07, 6.45) is 9.81. The molecular weight excluding hydrogens is 308 g/mol. The highest BCUT2D eigenvalue weighted by atomic mass is 35.5. The van der Waals surface area contributed by atoms with Crippen molar-refractivity contribution in [2.45, 2.75) is 38.1 Å². The van der Waals surface area contributed by atoms with Crippen molar-refractivity contribution in [1.29, 1.82) is 0 Å². The topological polar surface area (TPSA) is 23.6 Å². The van der Waals surface area contributed by atoms with Gasteiger partial charge in [0.25, 0.3) is 0 Å². The largest absolute Gasteiger partial charge is 0.335 e. The maximum atomic E-state index is 12.5. The van der Waals surface area contributed by atoms with Crippen LogP contribution in [0, 0.1) is 0 Å². The summed E-state index contributed by atoms with van der Waals surface area (Å²) in [7, 11) is 0. The van der Waals surface area contributed by atoms with Crippen LogP contribution >= 0.6 is 11.6 Å². The first-order chi connectivity index (χ1) is 11.2. The molecule has 0 radical (unpaired) electrons. The Balaban J connectivity index is 1.57. The molecule has 0 spiro atoms. The number of benzene rings is 1. The fraction of sp³-hybridized carbons (Fsp3) is 0.526. The fourth-order valence-electron chi connectivity index (χ4n) is 3.59. The molecule has 23 heavy (non-hydrogen) atoms. The highest BCUT2D eigenvalue weighted by molar-refractivity contribution is 6.30. The molecule has 0 aliphatic carbocycles. The zero-order valence-corrected chi connectivity index (χ0v) is 14.3. The SMILES string of the molecule is O=C(/C=C/c1ccc(Cl)cc1)N1CCC[C@H]1CN1CCCCC1. The summed E-state index contributed by atoms with van der Waals surface area (Å²) >= 11 is 5.89. The van der Waals surface area contributed by atoms with Gasteiger partial charge in [-0.3, -0.25) is 4.79 Å². The van der Waals surface area contributed by atoms with Gasteiger partial charge in [0, 0.05) is 30.2 Å². The lowest BCUT2D eigenvalue weighted by atomic mass is 10.1. The molecule has 2 saturated heterocycles. The predicted molar refractivity (Wildman–Crippen MR) is 95.5 cm³/mol. The molecule has 4 heteroatoms. The Morgan fingerprint density at radius 3 is 2.57 bits per heavy atom. The number of piperidine rings is 1. The van der Waals surface area contributed by atoms with Gasteiger partial charge in [-0.2, -0.15) is 0 Å². The summed E-state index contributed by atoms with van der Waals surface area (Å²) in [5.41, 5.74) is 1.01. The van der Waals surface area contributed by atoms with Crippen molar-refractivity contribution in [2.24, 2.45) is 0 Å². The summed E-state index contributed by atoms with van der Waals surface area (Å²) in [6.45, 7) is 4.32. The van der Waals surface area contributed by atoms with E-state index in [4.69, 9.17) is 11.6 Å². The quantitative estimate of drug-likeness (QED) is 0.782. The van der Waals surface area contributed by atoms with Gasteiger partial charge >= 0.3 is 0 Å². The lowest BCUT2D eigenvalue weighted by Crippen LogP contribution is -2.44. The molecule has 0 N–H and O–H groups in total. The molecule has 0 bridgehead atoms. The van der Waals surface area contributed by atoms with Gasteiger partial charge in [0.15, 0.2) is 0 Å². The van der Waals surface area contributed by atoms with Crippen LogP contribution in [0.5, 0.6) is 0 Å². The third kappa shape index (κ3) is 4.58. The Bertz CT molecular complexity index is 549. The fourth-order valence-corrected chi connectivity index (χ4v) is 3.72. The lowest BCUT2D eigenvalue weighted by molar-refractivity contribution is -0.127. The van der Waals surface area contributed by atoms with Gasteiger partial charge < -0.3 is 9.80 Å².